The standard InChI is InChI=1S/C14H22ClN3S.HI/c1-16-14(18-11-5-3-2-4-6-11)17-10-9-12-7-8-13(15)19-12;/h7-8,11H,2-6,9-10H2,1H3,(H2,16,17,18);1H. The number of hydrogen-bond donors (Lipinski definition) is 2. The Hall–Kier alpha value is -0.0100. The van der Waals surface area contributed by atoms with E-state index in [0.29, 0.717) is 6.04 Å². The van der Waals surface area contributed by atoms with Crippen LogP contribution in [-0.4, -0.2) is 25.6 Å². The highest BCUT2D eigenvalue weighted by Gasteiger charge is 2.14. The molecule has 2 N–H and O–H groups in total. The first-order valence-electron chi connectivity index (χ1n) is 6.99. The van der Waals surface area contributed by atoms with Crippen LogP contribution in [0.2, 0.25) is 4.34 Å². The minimum absolute atomic E-state index is 0. The zero-order valence-corrected chi connectivity index (χ0v) is 15.7. The van der Waals surface area contributed by atoms with Gasteiger partial charge in [-0.2, -0.15) is 0 Å². The molecule has 1 aromatic heterocycles. The molecule has 0 amide bonds. The van der Waals surface area contributed by atoms with Crippen molar-refractivity contribution in [2.75, 3.05) is 13.6 Å². The quantitative estimate of drug-likeness (QED) is 0.432. The second kappa shape index (κ2) is 9.84. The third-order valence-corrected chi connectivity index (χ3v) is 4.75. The lowest BCUT2D eigenvalue weighted by Gasteiger charge is -2.24. The van der Waals surface area contributed by atoms with Crippen LogP contribution < -0.4 is 10.6 Å². The van der Waals surface area contributed by atoms with E-state index in [1.165, 1.54) is 37.0 Å². The summed E-state index contributed by atoms with van der Waals surface area (Å²) < 4.78 is 0.861. The second-order valence-corrected chi connectivity index (χ2v) is 6.73. The maximum atomic E-state index is 5.92. The average molecular weight is 428 g/mol. The first-order valence-corrected chi connectivity index (χ1v) is 8.19. The Morgan fingerprint density at radius 3 is 2.70 bits per heavy atom. The van der Waals surface area contributed by atoms with Crippen LogP contribution in [0.1, 0.15) is 37.0 Å². The summed E-state index contributed by atoms with van der Waals surface area (Å²) in [6.07, 6.45) is 7.57. The number of rotatable bonds is 4. The van der Waals surface area contributed by atoms with Crippen LogP contribution in [0.25, 0.3) is 0 Å². The number of halogens is 2. The zero-order valence-electron chi connectivity index (χ0n) is 11.8. The van der Waals surface area contributed by atoms with Gasteiger partial charge in [-0.1, -0.05) is 30.9 Å². The van der Waals surface area contributed by atoms with Crippen LogP contribution in [0.3, 0.4) is 0 Å². The molecule has 114 valence electrons. The SMILES string of the molecule is CN=C(NCCc1ccc(Cl)s1)NC1CCCCC1.I. The predicted molar refractivity (Wildman–Crippen MR) is 99.8 cm³/mol. The minimum Gasteiger partial charge on any atom is -0.356 e. The van der Waals surface area contributed by atoms with Crippen LogP contribution in [0.5, 0.6) is 0 Å². The van der Waals surface area contributed by atoms with Crippen molar-refractivity contribution in [3.8, 4) is 0 Å². The van der Waals surface area contributed by atoms with Gasteiger partial charge in [0.15, 0.2) is 5.96 Å². The fourth-order valence-corrected chi connectivity index (χ4v) is 3.51. The van der Waals surface area contributed by atoms with Gasteiger partial charge in [-0.05, 0) is 31.4 Å². The summed E-state index contributed by atoms with van der Waals surface area (Å²) in [4.78, 5) is 5.60. The molecular formula is C14H23ClIN3S. The summed E-state index contributed by atoms with van der Waals surface area (Å²) in [5.74, 6) is 0.926. The summed E-state index contributed by atoms with van der Waals surface area (Å²) in [6, 6.07) is 4.64. The largest absolute Gasteiger partial charge is 0.356 e. The monoisotopic (exact) mass is 427 g/mol. The summed E-state index contributed by atoms with van der Waals surface area (Å²) in [6.45, 7) is 0.892. The number of nitrogens with zero attached hydrogens (tertiary/aromatic N) is 1. The lowest BCUT2D eigenvalue weighted by Crippen LogP contribution is -2.44. The van der Waals surface area contributed by atoms with Gasteiger partial charge in [-0.3, -0.25) is 4.99 Å². The molecule has 1 saturated carbocycles. The fraction of sp³-hybridized carbons (Fsp3) is 0.643. The lowest BCUT2D eigenvalue weighted by atomic mass is 9.96. The molecule has 1 aliphatic carbocycles. The van der Waals surface area contributed by atoms with Crippen LogP contribution in [0, 0.1) is 0 Å². The maximum absolute atomic E-state index is 5.92. The van der Waals surface area contributed by atoms with Crippen molar-refractivity contribution in [3.63, 3.8) is 0 Å². The Bertz CT molecular complexity index is 416. The summed E-state index contributed by atoms with van der Waals surface area (Å²) >= 11 is 7.57. The van der Waals surface area contributed by atoms with Gasteiger partial charge in [0.1, 0.15) is 0 Å². The molecule has 0 spiro atoms. The third kappa shape index (κ3) is 6.18. The van der Waals surface area contributed by atoms with E-state index in [1.807, 2.05) is 13.1 Å². The molecule has 1 aliphatic rings. The van der Waals surface area contributed by atoms with E-state index in [9.17, 15) is 0 Å². The van der Waals surface area contributed by atoms with Crippen molar-refractivity contribution in [1.29, 1.82) is 0 Å². The second-order valence-electron chi connectivity index (χ2n) is 4.93. The van der Waals surface area contributed by atoms with Gasteiger partial charge in [0.2, 0.25) is 0 Å². The Kier molecular flexibility index (Phi) is 8.88. The van der Waals surface area contributed by atoms with Gasteiger partial charge in [0, 0.05) is 24.5 Å². The van der Waals surface area contributed by atoms with Crippen molar-refractivity contribution in [3.05, 3.63) is 21.3 Å². The van der Waals surface area contributed by atoms with Crippen molar-refractivity contribution in [2.24, 2.45) is 4.99 Å². The Labute approximate surface area is 147 Å². The lowest BCUT2D eigenvalue weighted by molar-refractivity contribution is 0.410. The Morgan fingerprint density at radius 1 is 1.35 bits per heavy atom. The van der Waals surface area contributed by atoms with Gasteiger partial charge in [-0.25, -0.2) is 0 Å². The minimum atomic E-state index is 0. The number of thiophene rings is 1. The van der Waals surface area contributed by atoms with E-state index in [4.69, 9.17) is 11.6 Å². The van der Waals surface area contributed by atoms with E-state index in [-0.39, 0.29) is 24.0 Å². The molecule has 0 saturated heterocycles. The molecule has 0 radical (unpaired) electrons. The molecule has 3 nitrogen and oxygen atoms in total. The summed E-state index contributed by atoms with van der Waals surface area (Å²) in [5, 5.41) is 6.89. The van der Waals surface area contributed by atoms with E-state index in [2.05, 4.69) is 21.7 Å². The van der Waals surface area contributed by atoms with Crippen LogP contribution in [0.4, 0.5) is 0 Å². The van der Waals surface area contributed by atoms with Crippen molar-refractivity contribution < 1.29 is 0 Å². The van der Waals surface area contributed by atoms with E-state index < -0.39 is 0 Å². The number of guanidine groups is 1. The highest BCUT2D eigenvalue weighted by atomic mass is 127. The molecule has 20 heavy (non-hydrogen) atoms. The molecule has 1 aromatic rings. The van der Waals surface area contributed by atoms with Gasteiger partial charge in [0.25, 0.3) is 0 Å². The molecule has 0 bridgehead atoms. The van der Waals surface area contributed by atoms with Gasteiger partial charge in [0.05, 0.1) is 4.34 Å². The summed E-state index contributed by atoms with van der Waals surface area (Å²) in [5.41, 5.74) is 0. The van der Waals surface area contributed by atoms with Crippen molar-refractivity contribution >= 4 is 52.9 Å². The first-order chi connectivity index (χ1) is 9.28. The molecule has 1 heterocycles. The fourth-order valence-electron chi connectivity index (χ4n) is 2.43. The van der Waals surface area contributed by atoms with E-state index in [1.54, 1.807) is 11.3 Å². The van der Waals surface area contributed by atoms with Crippen molar-refractivity contribution in [1.82, 2.24) is 10.6 Å². The number of aliphatic imine (C=N–C) groups is 1. The molecule has 6 heteroatoms. The third-order valence-electron chi connectivity index (χ3n) is 3.46. The molecule has 0 aromatic carbocycles. The van der Waals surface area contributed by atoms with Crippen LogP contribution >= 0.6 is 46.9 Å². The molecule has 0 atom stereocenters. The molecule has 1 fully saturated rings. The molecule has 0 unspecified atom stereocenters. The van der Waals surface area contributed by atoms with Crippen LogP contribution in [0.15, 0.2) is 17.1 Å². The summed E-state index contributed by atoms with van der Waals surface area (Å²) in [7, 11) is 1.83. The highest BCUT2D eigenvalue weighted by Crippen LogP contribution is 2.21. The van der Waals surface area contributed by atoms with Crippen LogP contribution in [-0.2, 0) is 6.42 Å². The first kappa shape index (κ1) is 18.0. The maximum Gasteiger partial charge on any atom is 0.191 e. The molecular weight excluding hydrogens is 405 g/mol. The predicted octanol–water partition coefficient (Wildman–Crippen LogP) is 4.06. The average Bonchev–Trinajstić information content (AvgIpc) is 2.84. The smallest absolute Gasteiger partial charge is 0.191 e. The number of nitrogens with one attached hydrogen (secondary N) is 2. The van der Waals surface area contributed by atoms with Gasteiger partial charge < -0.3 is 10.6 Å². The Morgan fingerprint density at radius 2 is 2.10 bits per heavy atom. The molecule has 2 rings (SSSR count). The van der Waals surface area contributed by atoms with E-state index in [0.717, 1.165) is 23.3 Å². The van der Waals surface area contributed by atoms with E-state index >= 15 is 0 Å². The van der Waals surface area contributed by atoms with Crippen molar-refractivity contribution in [2.45, 2.75) is 44.6 Å². The zero-order chi connectivity index (χ0) is 13.5. The van der Waals surface area contributed by atoms with Gasteiger partial charge in [-0.15, -0.1) is 35.3 Å². The molecule has 0 aliphatic heterocycles. The Balaban J connectivity index is 0.00000200. The normalized spacial score (nSPS) is 16.6. The van der Waals surface area contributed by atoms with Gasteiger partial charge >= 0.3 is 0 Å². The number of hydrogen-bond acceptors (Lipinski definition) is 2. The topological polar surface area (TPSA) is 36.4 Å². The highest BCUT2D eigenvalue weighted by molar-refractivity contribution is 14.0.